The Kier molecular flexibility index (Phi) is 3.89. The summed E-state index contributed by atoms with van der Waals surface area (Å²) in [5, 5.41) is 12.4. The molecular formula is C15H18ClNO4. The van der Waals surface area contributed by atoms with Crippen LogP contribution in [-0.2, 0) is 9.59 Å². The van der Waals surface area contributed by atoms with E-state index in [1.165, 1.54) is 7.11 Å². The predicted octanol–water partition coefficient (Wildman–Crippen LogP) is 2.95. The first-order valence-corrected chi connectivity index (χ1v) is 6.95. The van der Waals surface area contributed by atoms with Gasteiger partial charge in [-0.15, -0.1) is 0 Å². The van der Waals surface area contributed by atoms with Crippen molar-refractivity contribution >= 4 is 29.2 Å². The number of hydrogen-bond acceptors (Lipinski definition) is 3. The first-order chi connectivity index (χ1) is 9.70. The molecule has 1 aliphatic rings. The van der Waals surface area contributed by atoms with E-state index in [-0.39, 0.29) is 5.91 Å². The topological polar surface area (TPSA) is 75.6 Å². The van der Waals surface area contributed by atoms with Gasteiger partial charge in [0.2, 0.25) is 5.91 Å². The van der Waals surface area contributed by atoms with E-state index >= 15 is 0 Å². The summed E-state index contributed by atoms with van der Waals surface area (Å²) in [5.74, 6) is -2.01. The number of ether oxygens (including phenoxy) is 1. The highest BCUT2D eigenvalue weighted by Crippen LogP contribution is 2.58. The normalized spacial score (nSPS) is 22.5. The number of carboxylic acids is 1. The Hall–Kier alpha value is -1.75. The van der Waals surface area contributed by atoms with Gasteiger partial charge in [0, 0.05) is 11.1 Å². The molecule has 0 spiro atoms. The molecule has 1 aromatic rings. The Labute approximate surface area is 128 Å². The van der Waals surface area contributed by atoms with Gasteiger partial charge in [0.1, 0.15) is 5.75 Å². The number of methoxy groups -OCH3 is 1. The molecule has 0 aromatic heterocycles. The number of carboxylic acid groups (broad SMARTS) is 1. The molecule has 6 heteroatoms. The van der Waals surface area contributed by atoms with E-state index < -0.39 is 23.2 Å². The van der Waals surface area contributed by atoms with Crippen LogP contribution in [0.5, 0.6) is 5.75 Å². The van der Waals surface area contributed by atoms with Gasteiger partial charge in [0.25, 0.3) is 0 Å². The van der Waals surface area contributed by atoms with E-state index in [0.717, 1.165) is 5.56 Å². The number of hydrogen-bond donors (Lipinski definition) is 2. The lowest BCUT2D eigenvalue weighted by atomic mass is 10.1. The van der Waals surface area contributed by atoms with Crippen LogP contribution in [0.1, 0.15) is 19.4 Å². The first-order valence-electron chi connectivity index (χ1n) is 6.58. The largest absolute Gasteiger partial charge is 0.495 e. The number of benzene rings is 1. The monoisotopic (exact) mass is 311 g/mol. The molecular weight excluding hydrogens is 294 g/mol. The fourth-order valence-electron chi connectivity index (χ4n) is 2.73. The predicted molar refractivity (Wildman–Crippen MR) is 79.8 cm³/mol. The highest BCUT2D eigenvalue weighted by molar-refractivity contribution is 6.31. The molecule has 2 N–H and O–H groups in total. The molecule has 0 radical (unpaired) electrons. The highest BCUT2D eigenvalue weighted by atomic mass is 35.5. The Balaban J connectivity index is 2.22. The number of aryl methyl sites for hydroxylation is 1. The van der Waals surface area contributed by atoms with Gasteiger partial charge in [-0.2, -0.15) is 0 Å². The number of carbonyl (C=O) groups is 2. The molecule has 0 heterocycles. The van der Waals surface area contributed by atoms with Crippen LogP contribution in [-0.4, -0.2) is 24.1 Å². The van der Waals surface area contributed by atoms with Crippen molar-refractivity contribution in [2.45, 2.75) is 20.8 Å². The highest BCUT2D eigenvalue weighted by Gasteiger charge is 2.65. The zero-order valence-corrected chi connectivity index (χ0v) is 13.1. The third-order valence-corrected chi connectivity index (χ3v) is 4.52. The molecule has 114 valence electrons. The molecule has 1 aliphatic carbocycles. The summed E-state index contributed by atoms with van der Waals surface area (Å²) in [5.41, 5.74) is 0.763. The zero-order chi connectivity index (χ0) is 15.9. The van der Waals surface area contributed by atoms with Crippen LogP contribution >= 0.6 is 11.6 Å². The van der Waals surface area contributed by atoms with E-state index in [1.54, 1.807) is 26.0 Å². The van der Waals surface area contributed by atoms with E-state index in [4.69, 9.17) is 21.4 Å². The second-order valence-electron chi connectivity index (χ2n) is 5.91. The maximum absolute atomic E-state index is 12.3. The minimum absolute atomic E-state index is 0.313. The second-order valence-corrected chi connectivity index (χ2v) is 6.31. The van der Waals surface area contributed by atoms with Crippen molar-refractivity contribution in [2.24, 2.45) is 17.3 Å². The number of anilines is 1. The molecule has 1 saturated carbocycles. The molecule has 0 unspecified atom stereocenters. The van der Waals surface area contributed by atoms with Gasteiger partial charge in [0.05, 0.1) is 24.6 Å². The Morgan fingerprint density at radius 3 is 2.43 bits per heavy atom. The van der Waals surface area contributed by atoms with Gasteiger partial charge >= 0.3 is 5.97 Å². The number of halogens is 1. The molecule has 5 nitrogen and oxygen atoms in total. The minimum Gasteiger partial charge on any atom is -0.495 e. The van der Waals surface area contributed by atoms with Crippen LogP contribution in [0.4, 0.5) is 5.69 Å². The number of amides is 1. The molecule has 1 aromatic carbocycles. The molecule has 21 heavy (non-hydrogen) atoms. The average molecular weight is 312 g/mol. The van der Waals surface area contributed by atoms with Gasteiger partial charge in [-0.1, -0.05) is 25.4 Å². The maximum atomic E-state index is 12.3. The molecule has 0 aliphatic heterocycles. The lowest BCUT2D eigenvalue weighted by molar-refractivity contribution is -0.140. The van der Waals surface area contributed by atoms with Crippen molar-refractivity contribution in [3.8, 4) is 5.75 Å². The van der Waals surface area contributed by atoms with Crippen LogP contribution in [0.2, 0.25) is 5.02 Å². The van der Waals surface area contributed by atoms with Crippen molar-refractivity contribution in [3.63, 3.8) is 0 Å². The van der Waals surface area contributed by atoms with Crippen LogP contribution in [0, 0.1) is 24.2 Å². The van der Waals surface area contributed by atoms with Crippen molar-refractivity contribution in [1.82, 2.24) is 0 Å². The quantitative estimate of drug-likeness (QED) is 0.896. The van der Waals surface area contributed by atoms with Gasteiger partial charge in [-0.25, -0.2) is 0 Å². The lowest BCUT2D eigenvalue weighted by Crippen LogP contribution is -2.18. The van der Waals surface area contributed by atoms with Crippen molar-refractivity contribution in [2.75, 3.05) is 12.4 Å². The summed E-state index contributed by atoms with van der Waals surface area (Å²) < 4.78 is 5.19. The Bertz CT molecular complexity index is 612. The average Bonchev–Trinajstić information content (AvgIpc) is 2.97. The molecule has 0 saturated heterocycles. The third kappa shape index (κ3) is 2.70. The van der Waals surface area contributed by atoms with E-state index in [0.29, 0.717) is 16.5 Å². The van der Waals surface area contributed by atoms with Crippen LogP contribution in [0.15, 0.2) is 12.1 Å². The Morgan fingerprint density at radius 2 is 1.95 bits per heavy atom. The second kappa shape index (κ2) is 5.22. The number of carbonyl (C=O) groups excluding carboxylic acids is 1. The first kappa shape index (κ1) is 15.6. The van der Waals surface area contributed by atoms with E-state index in [2.05, 4.69) is 5.32 Å². The number of rotatable bonds is 4. The van der Waals surface area contributed by atoms with Gasteiger partial charge in [-0.3, -0.25) is 9.59 Å². The lowest BCUT2D eigenvalue weighted by Gasteiger charge is -2.12. The third-order valence-electron chi connectivity index (χ3n) is 4.11. The van der Waals surface area contributed by atoms with Crippen LogP contribution in [0.3, 0.4) is 0 Å². The summed E-state index contributed by atoms with van der Waals surface area (Å²) >= 11 is 6.02. The molecule has 1 fully saturated rings. The molecule has 2 atom stereocenters. The smallest absolute Gasteiger partial charge is 0.307 e. The van der Waals surface area contributed by atoms with Crippen molar-refractivity contribution in [1.29, 1.82) is 0 Å². The molecule has 0 bridgehead atoms. The molecule has 2 rings (SSSR count). The fraction of sp³-hybridized carbons (Fsp3) is 0.467. The SMILES string of the molecule is COc1cc(Cl)c(C)cc1NC(=O)[C@@H]1[C@H](C(=O)O)C1(C)C. The standard InChI is InChI=1S/C15H18ClNO4/c1-7-5-9(10(21-4)6-8(7)16)17-13(18)11-12(14(19)20)15(11,2)3/h5-6,11-12H,1-4H3,(H,17,18)(H,19,20)/t11-,12+/m0/s1. The van der Waals surface area contributed by atoms with E-state index in [1.807, 2.05) is 6.92 Å². The van der Waals surface area contributed by atoms with Gasteiger partial charge < -0.3 is 15.2 Å². The summed E-state index contributed by atoms with van der Waals surface area (Å²) in [6.45, 7) is 5.37. The van der Waals surface area contributed by atoms with Crippen molar-refractivity contribution in [3.05, 3.63) is 22.7 Å². The Morgan fingerprint density at radius 1 is 1.33 bits per heavy atom. The number of aliphatic carboxylic acids is 1. The maximum Gasteiger partial charge on any atom is 0.307 e. The summed E-state index contributed by atoms with van der Waals surface area (Å²) in [6.07, 6.45) is 0. The van der Waals surface area contributed by atoms with Gasteiger partial charge in [-0.05, 0) is 24.0 Å². The number of nitrogens with one attached hydrogen (secondary N) is 1. The molecule has 1 amide bonds. The summed E-state index contributed by atoms with van der Waals surface area (Å²) in [7, 11) is 1.48. The van der Waals surface area contributed by atoms with E-state index in [9.17, 15) is 9.59 Å². The summed E-state index contributed by atoms with van der Waals surface area (Å²) in [4.78, 5) is 23.5. The van der Waals surface area contributed by atoms with Crippen molar-refractivity contribution < 1.29 is 19.4 Å². The van der Waals surface area contributed by atoms with Crippen LogP contribution in [0.25, 0.3) is 0 Å². The summed E-state index contributed by atoms with van der Waals surface area (Å²) in [6, 6.07) is 3.34. The fourth-order valence-corrected chi connectivity index (χ4v) is 2.88. The minimum atomic E-state index is -0.945. The van der Waals surface area contributed by atoms with Gasteiger partial charge in [0.15, 0.2) is 0 Å². The zero-order valence-electron chi connectivity index (χ0n) is 12.4. The van der Waals surface area contributed by atoms with Crippen LogP contribution < -0.4 is 10.1 Å².